The van der Waals surface area contributed by atoms with E-state index in [2.05, 4.69) is 31.2 Å². The molecule has 2 rings (SSSR count). The predicted molar refractivity (Wildman–Crippen MR) is 76.1 cm³/mol. The maximum Gasteiger partial charge on any atom is 0.105 e. The number of nitrogens with one attached hydrogen (secondary N) is 1. The quantitative estimate of drug-likeness (QED) is 0.869. The average Bonchev–Trinajstić information content (AvgIpc) is 2.95. The summed E-state index contributed by atoms with van der Waals surface area (Å²) in [6, 6.07) is 4.23. The molecule has 0 aliphatic carbocycles. The number of aromatic nitrogens is 2. The third-order valence-corrected chi connectivity index (χ3v) is 3.54. The van der Waals surface area contributed by atoms with Gasteiger partial charge in [0.25, 0.3) is 0 Å². The Balaban J connectivity index is 2.25. The first-order valence-corrected chi connectivity index (χ1v) is 6.89. The monoisotopic (exact) mass is 261 g/mol. The highest BCUT2D eigenvalue weighted by molar-refractivity contribution is 5.29. The van der Waals surface area contributed by atoms with E-state index in [4.69, 9.17) is 4.42 Å². The normalized spacial score (nSPS) is 12.8. The minimum absolute atomic E-state index is 0.264. The number of nitrogens with zero attached hydrogens (tertiary/aromatic N) is 2. The van der Waals surface area contributed by atoms with Gasteiger partial charge in [-0.05, 0) is 38.9 Å². The van der Waals surface area contributed by atoms with Crippen molar-refractivity contribution in [2.45, 2.75) is 39.7 Å². The molecule has 0 spiro atoms. The Kier molecular flexibility index (Phi) is 4.43. The Labute approximate surface area is 114 Å². The van der Waals surface area contributed by atoms with Crippen molar-refractivity contribution >= 4 is 0 Å². The van der Waals surface area contributed by atoms with Gasteiger partial charge in [-0.2, -0.15) is 5.10 Å². The van der Waals surface area contributed by atoms with Crippen molar-refractivity contribution in [3.8, 4) is 0 Å². The van der Waals surface area contributed by atoms with E-state index in [0.717, 1.165) is 30.8 Å². The van der Waals surface area contributed by atoms with Gasteiger partial charge in [0, 0.05) is 30.8 Å². The fourth-order valence-corrected chi connectivity index (χ4v) is 2.52. The van der Waals surface area contributed by atoms with Crippen molar-refractivity contribution in [3.05, 3.63) is 41.1 Å². The van der Waals surface area contributed by atoms with Gasteiger partial charge in [0.05, 0.1) is 12.0 Å². The first kappa shape index (κ1) is 13.9. The lowest BCUT2D eigenvalue weighted by atomic mass is 10.0. The molecule has 0 aliphatic heterocycles. The van der Waals surface area contributed by atoms with E-state index in [1.807, 2.05) is 23.9 Å². The van der Waals surface area contributed by atoms with Crippen LogP contribution in [0, 0.1) is 13.8 Å². The molecule has 0 aliphatic rings. The average molecular weight is 261 g/mol. The fraction of sp³-hybridized carbons (Fsp3) is 0.533. The van der Waals surface area contributed by atoms with E-state index in [1.165, 1.54) is 11.3 Å². The number of rotatable bonds is 6. The summed E-state index contributed by atoms with van der Waals surface area (Å²) >= 11 is 0. The Morgan fingerprint density at radius 3 is 2.74 bits per heavy atom. The van der Waals surface area contributed by atoms with E-state index < -0.39 is 0 Å². The predicted octanol–water partition coefficient (Wildman–Crippen LogP) is 2.91. The summed E-state index contributed by atoms with van der Waals surface area (Å²) in [6.45, 7) is 7.38. The molecule has 0 saturated heterocycles. The van der Waals surface area contributed by atoms with Crippen LogP contribution in [0.1, 0.15) is 42.1 Å². The van der Waals surface area contributed by atoms with Crippen LogP contribution >= 0.6 is 0 Å². The lowest BCUT2D eigenvalue weighted by Gasteiger charge is -2.18. The maximum atomic E-state index is 5.48. The van der Waals surface area contributed by atoms with Gasteiger partial charge >= 0.3 is 0 Å². The molecular formula is C15H23N3O. The SMILES string of the molecule is CCCNC(Cc1ccco1)c1c(C)nn(C)c1C. The Hall–Kier alpha value is -1.55. The Morgan fingerprint density at radius 2 is 2.21 bits per heavy atom. The largest absolute Gasteiger partial charge is 0.469 e. The lowest BCUT2D eigenvalue weighted by Crippen LogP contribution is -2.25. The third kappa shape index (κ3) is 3.07. The summed E-state index contributed by atoms with van der Waals surface area (Å²) in [5.41, 5.74) is 3.62. The van der Waals surface area contributed by atoms with Gasteiger partial charge in [0.2, 0.25) is 0 Å². The molecule has 0 aromatic carbocycles. The molecule has 0 radical (unpaired) electrons. The van der Waals surface area contributed by atoms with Crippen LogP contribution in [0.4, 0.5) is 0 Å². The van der Waals surface area contributed by atoms with Gasteiger partial charge in [0.15, 0.2) is 0 Å². The second-order valence-corrected chi connectivity index (χ2v) is 5.00. The van der Waals surface area contributed by atoms with Crippen LogP contribution in [0.25, 0.3) is 0 Å². The summed E-state index contributed by atoms with van der Waals surface area (Å²) in [5, 5.41) is 8.12. The van der Waals surface area contributed by atoms with E-state index >= 15 is 0 Å². The second-order valence-electron chi connectivity index (χ2n) is 5.00. The molecule has 4 heteroatoms. The highest BCUT2D eigenvalue weighted by atomic mass is 16.3. The molecule has 2 aromatic heterocycles. The van der Waals surface area contributed by atoms with Crippen LogP contribution in [0.5, 0.6) is 0 Å². The van der Waals surface area contributed by atoms with E-state index in [-0.39, 0.29) is 6.04 Å². The number of furan rings is 1. The molecular weight excluding hydrogens is 238 g/mol. The number of hydrogen-bond acceptors (Lipinski definition) is 3. The highest BCUT2D eigenvalue weighted by Crippen LogP contribution is 2.24. The fourth-order valence-electron chi connectivity index (χ4n) is 2.52. The molecule has 2 heterocycles. The summed E-state index contributed by atoms with van der Waals surface area (Å²) in [6.07, 6.45) is 3.71. The second kappa shape index (κ2) is 6.06. The number of aryl methyl sites for hydroxylation is 2. The minimum atomic E-state index is 0.264. The molecule has 0 bridgehead atoms. The molecule has 1 N–H and O–H groups in total. The van der Waals surface area contributed by atoms with E-state index in [1.54, 1.807) is 6.26 Å². The molecule has 19 heavy (non-hydrogen) atoms. The maximum absolute atomic E-state index is 5.48. The first-order valence-electron chi connectivity index (χ1n) is 6.89. The van der Waals surface area contributed by atoms with Gasteiger partial charge in [-0.15, -0.1) is 0 Å². The van der Waals surface area contributed by atoms with E-state index in [9.17, 15) is 0 Å². The summed E-state index contributed by atoms with van der Waals surface area (Å²) in [4.78, 5) is 0. The zero-order valence-corrected chi connectivity index (χ0v) is 12.2. The molecule has 0 amide bonds. The van der Waals surface area contributed by atoms with Crippen LogP contribution in [0.15, 0.2) is 22.8 Å². The molecule has 104 valence electrons. The van der Waals surface area contributed by atoms with Gasteiger partial charge in [0.1, 0.15) is 5.76 Å². The standard InChI is InChI=1S/C15H23N3O/c1-5-8-16-14(10-13-7-6-9-19-13)15-11(2)17-18(4)12(15)3/h6-7,9,14,16H,5,8,10H2,1-4H3. The molecule has 1 unspecified atom stereocenters. The van der Waals surface area contributed by atoms with Crippen molar-refractivity contribution in [2.24, 2.45) is 7.05 Å². The van der Waals surface area contributed by atoms with Crippen molar-refractivity contribution in [3.63, 3.8) is 0 Å². The molecule has 0 fully saturated rings. The van der Waals surface area contributed by atoms with Crippen molar-refractivity contribution in [1.29, 1.82) is 0 Å². The van der Waals surface area contributed by atoms with Crippen LogP contribution in [-0.4, -0.2) is 16.3 Å². The van der Waals surface area contributed by atoms with Crippen molar-refractivity contribution in [1.82, 2.24) is 15.1 Å². The lowest BCUT2D eigenvalue weighted by molar-refractivity contribution is 0.447. The highest BCUT2D eigenvalue weighted by Gasteiger charge is 2.20. The van der Waals surface area contributed by atoms with Crippen LogP contribution in [0.3, 0.4) is 0 Å². The topological polar surface area (TPSA) is 43.0 Å². The Morgan fingerprint density at radius 1 is 1.42 bits per heavy atom. The Bertz CT molecular complexity index is 514. The molecule has 2 aromatic rings. The molecule has 0 saturated carbocycles. The molecule has 1 atom stereocenters. The van der Waals surface area contributed by atoms with Gasteiger partial charge in [-0.25, -0.2) is 0 Å². The van der Waals surface area contributed by atoms with Crippen molar-refractivity contribution in [2.75, 3.05) is 6.54 Å². The van der Waals surface area contributed by atoms with E-state index in [0.29, 0.717) is 0 Å². The van der Waals surface area contributed by atoms with Crippen LogP contribution in [-0.2, 0) is 13.5 Å². The van der Waals surface area contributed by atoms with Crippen LogP contribution in [0.2, 0.25) is 0 Å². The van der Waals surface area contributed by atoms with Gasteiger partial charge < -0.3 is 9.73 Å². The zero-order valence-electron chi connectivity index (χ0n) is 12.2. The summed E-state index contributed by atoms with van der Waals surface area (Å²) < 4.78 is 7.44. The third-order valence-electron chi connectivity index (χ3n) is 3.54. The van der Waals surface area contributed by atoms with Crippen LogP contribution < -0.4 is 5.32 Å². The molecule has 4 nitrogen and oxygen atoms in total. The minimum Gasteiger partial charge on any atom is -0.469 e. The smallest absolute Gasteiger partial charge is 0.105 e. The van der Waals surface area contributed by atoms with Gasteiger partial charge in [-0.1, -0.05) is 6.92 Å². The summed E-state index contributed by atoms with van der Waals surface area (Å²) in [5.74, 6) is 1.01. The van der Waals surface area contributed by atoms with Crippen molar-refractivity contribution < 1.29 is 4.42 Å². The summed E-state index contributed by atoms with van der Waals surface area (Å²) in [7, 11) is 2.00. The first-order chi connectivity index (χ1) is 9.13. The van der Waals surface area contributed by atoms with Gasteiger partial charge in [-0.3, -0.25) is 4.68 Å². The number of hydrogen-bond donors (Lipinski definition) is 1. The zero-order chi connectivity index (χ0) is 13.8.